The third-order valence-corrected chi connectivity index (χ3v) is 4.39. The van der Waals surface area contributed by atoms with E-state index in [9.17, 15) is 0 Å². The van der Waals surface area contributed by atoms with Gasteiger partial charge in [0.15, 0.2) is 16.7 Å². The summed E-state index contributed by atoms with van der Waals surface area (Å²) in [5.41, 5.74) is 0.276. The van der Waals surface area contributed by atoms with E-state index in [1.807, 2.05) is 17.6 Å². The molecule has 0 spiro atoms. The van der Waals surface area contributed by atoms with E-state index in [0.29, 0.717) is 39.9 Å². The Morgan fingerprint density at radius 1 is 1.20 bits per heavy atom. The summed E-state index contributed by atoms with van der Waals surface area (Å²) < 4.78 is 7.67. The molecule has 3 aromatic rings. The van der Waals surface area contributed by atoms with Crippen LogP contribution in [-0.2, 0) is 13.2 Å². The molecule has 126 valence electrons. The lowest BCUT2D eigenvalue weighted by Crippen LogP contribution is -2.07. The molecule has 0 unspecified atom stereocenters. The van der Waals surface area contributed by atoms with Crippen molar-refractivity contribution in [1.82, 2.24) is 24.7 Å². The Labute approximate surface area is 153 Å². The third-order valence-electron chi connectivity index (χ3n) is 3.23. The van der Waals surface area contributed by atoms with Gasteiger partial charge in [-0.25, -0.2) is 9.97 Å². The van der Waals surface area contributed by atoms with Gasteiger partial charge in [0.25, 0.3) is 0 Å². The largest absolute Gasteiger partial charge is 0.486 e. The minimum Gasteiger partial charge on any atom is -0.486 e. The first-order valence-electron chi connectivity index (χ1n) is 7.40. The highest BCUT2D eigenvalue weighted by atomic mass is 35.5. The molecule has 3 rings (SSSR count). The first kappa shape index (κ1) is 17.2. The van der Waals surface area contributed by atoms with Crippen LogP contribution in [0.4, 0.5) is 0 Å². The van der Waals surface area contributed by atoms with E-state index in [2.05, 4.69) is 20.2 Å². The smallest absolute Gasteiger partial charge is 0.197 e. The number of benzene rings is 1. The Morgan fingerprint density at radius 2 is 2.00 bits per heavy atom. The van der Waals surface area contributed by atoms with Gasteiger partial charge in [0.2, 0.25) is 0 Å². The van der Waals surface area contributed by atoms with Crippen molar-refractivity contribution < 1.29 is 4.74 Å². The second-order valence-electron chi connectivity index (χ2n) is 4.84. The van der Waals surface area contributed by atoms with Crippen LogP contribution in [0.2, 0.25) is 5.02 Å². The Kier molecular flexibility index (Phi) is 5.48. The highest BCUT2D eigenvalue weighted by Gasteiger charge is 2.13. The number of hydrogen-bond acceptors (Lipinski definition) is 7. The number of hydrogen-bond donors (Lipinski definition) is 0. The maximum Gasteiger partial charge on any atom is 0.197 e. The fourth-order valence-electron chi connectivity index (χ4n) is 2.02. The number of halogens is 1. The number of ether oxygens (including phenoxy) is 1. The Hall–Kier alpha value is -2.63. The van der Waals surface area contributed by atoms with Crippen LogP contribution >= 0.6 is 23.4 Å². The molecule has 2 aromatic heterocycles. The van der Waals surface area contributed by atoms with E-state index < -0.39 is 0 Å². The SMILES string of the molecule is CCn1c(COc2ccc(Cl)cc2)nnc1Sc1cnc(C#N)cn1. The predicted molar refractivity (Wildman–Crippen MR) is 92.4 cm³/mol. The molecule has 0 saturated heterocycles. The van der Waals surface area contributed by atoms with E-state index >= 15 is 0 Å². The molecule has 0 aliphatic heterocycles. The summed E-state index contributed by atoms with van der Waals surface area (Å²) in [7, 11) is 0. The second-order valence-corrected chi connectivity index (χ2v) is 6.26. The van der Waals surface area contributed by atoms with Gasteiger partial charge in [-0.1, -0.05) is 11.6 Å². The molecular weight excluding hydrogens is 360 g/mol. The Balaban J connectivity index is 1.71. The van der Waals surface area contributed by atoms with Gasteiger partial charge in [-0.2, -0.15) is 5.26 Å². The molecule has 0 saturated carbocycles. The minimum absolute atomic E-state index is 0.276. The van der Waals surface area contributed by atoms with Gasteiger partial charge in [0, 0.05) is 11.6 Å². The Morgan fingerprint density at radius 3 is 2.64 bits per heavy atom. The summed E-state index contributed by atoms with van der Waals surface area (Å²) >= 11 is 7.20. The zero-order valence-corrected chi connectivity index (χ0v) is 14.8. The second kappa shape index (κ2) is 7.96. The average molecular weight is 373 g/mol. The van der Waals surface area contributed by atoms with Gasteiger partial charge < -0.3 is 9.30 Å². The highest BCUT2D eigenvalue weighted by molar-refractivity contribution is 7.99. The van der Waals surface area contributed by atoms with Crippen LogP contribution < -0.4 is 4.74 Å². The standard InChI is InChI=1S/C16H13ClN6OS/c1-2-23-14(10-24-13-5-3-11(17)4-6-13)21-22-16(23)25-15-9-19-12(7-18)8-20-15/h3-6,8-9H,2,10H2,1H3. The summed E-state index contributed by atoms with van der Waals surface area (Å²) in [6, 6.07) is 9.08. The van der Waals surface area contributed by atoms with Crippen LogP contribution in [0.5, 0.6) is 5.75 Å². The van der Waals surface area contributed by atoms with Crippen LogP contribution in [0.25, 0.3) is 0 Å². The van der Waals surface area contributed by atoms with Crippen molar-refractivity contribution in [1.29, 1.82) is 5.26 Å². The molecule has 0 N–H and O–H groups in total. The first-order chi connectivity index (χ1) is 12.2. The number of nitrogens with zero attached hydrogens (tertiary/aromatic N) is 6. The summed E-state index contributed by atoms with van der Waals surface area (Å²) in [5.74, 6) is 1.42. The van der Waals surface area contributed by atoms with Crippen LogP contribution in [0, 0.1) is 11.3 Å². The van der Waals surface area contributed by atoms with Crippen molar-refractivity contribution in [2.24, 2.45) is 0 Å². The molecule has 0 atom stereocenters. The Bertz CT molecular complexity index is 888. The lowest BCUT2D eigenvalue weighted by atomic mass is 10.3. The molecule has 1 aromatic carbocycles. The summed E-state index contributed by atoms with van der Waals surface area (Å²) in [6.07, 6.45) is 2.97. The minimum atomic E-state index is 0.276. The summed E-state index contributed by atoms with van der Waals surface area (Å²) in [5, 5.41) is 19.1. The summed E-state index contributed by atoms with van der Waals surface area (Å²) in [4.78, 5) is 8.19. The number of nitriles is 1. The first-order valence-corrected chi connectivity index (χ1v) is 8.59. The summed E-state index contributed by atoms with van der Waals surface area (Å²) in [6.45, 7) is 2.99. The molecular formula is C16H13ClN6OS. The van der Waals surface area contributed by atoms with Crippen molar-refractivity contribution in [2.75, 3.05) is 0 Å². The van der Waals surface area contributed by atoms with Crippen molar-refractivity contribution >= 4 is 23.4 Å². The molecule has 0 fully saturated rings. The number of aromatic nitrogens is 5. The van der Waals surface area contributed by atoms with Crippen molar-refractivity contribution in [3.05, 3.63) is 53.2 Å². The van der Waals surface area contributed by atoms with Crippen LogP contribution in [0.1, 0.15) is 18.4 Å². The van der Waals surface area contributed by atoms with Gasteiger partial charge >= 0.3 is 0 Å². The lowest BCUT2D eigenvalue weighted by Gasteiger charge is -2.08. The maximum atomic E-state index is 8.76. The van der Waals surface area contributed by atoms with Crippen molar-refractivity contribution in [3.8, 4) is 11.8 Å². The monoisotopic (exact) mass is 372 g/mol. The van der Waals surface area contributed by atoms with Crippen LogP contribution in [0.15, 0.2) is 46.8 Å². The lowest BCUT2D eigenvalue weighted by molar-refractivity contribution is 0.288. The topological polar surface area (TPSA) is 89.5 Å². The zero-order chi connectivity index (χ0) is 17.6. The molecule has 2 heterocycles. The highest BCUT2D eigenvalue weighted by Crippen LogP contribution is 2.25. The van der Waals surface area contributed by atoms with E-state index in [-0.39, 0.29) is 5.69 Å². The predicted octanol–water partition coefficient (Wildman–Crippen LogP) is 3.34. The van der Waals surface area contributed by atoms with Gasteiger partial charge in [0.05, 0.1) is 12.4 Å². The van der Waals surface area contributed by atoms with E-state index in [1.165, 1.54) is 18.0 Å². The van der Waals surface area contributed by atoms with Crippen LogP contribution in [0.3, 0.4) is 0 Å². The molecule has 0 radical (unpaired) electrons. The average Bonchev–Trinajstić information content (AvgIpc) is 3.03. The van der Waals surface area contributed by atoms with Gasteiger partial charge in [-0.05, 0) is 43.0 Å². The maximum absolute atomic E-state index is 8.76. The molecule has 0 amide bonds. The zero-order valence-electron chi connectivity index (χ0n) is 13.3. The molecule has 7 nitrogen and oxygen atoms in total. The fourth-order valence-corrected chi connectivity index (χ4v) is 2.97. The third kappa shape index (κ3) is 4.26. The molecule has 0 bridgehead atoms. The number of rotatable bonds is 6. The van der Waals surface area contributed by atoms with E-state index in [0.717, 1.165) is 0 Å². The normalized spacial score (nSPS) is 10.4. The van der Waals surface area contributed by atoms with E-state index in [1.54, 1.807) is 30.5 Å². The van der Waals surface area contributed by atoms with Gasteiger partial charge in [0.1, 0.15) is 23.5 Å². The molecule has 0 aliphatic carbocycles. The fraction of sp³-hybridized carbons (Fsp3) is 0.188. The van der Waals surface area contributed by atoms with E-state index in [4.69, 9.17) is 21.6 Å². The molecule has 25 heavy (non-hydrogen) atoms. The van der Waals surface area contributed by atoms with Crippen molar-refractivity contribution in [3.63, 3.8) is 0 Å². The quantitative estimate of drug-likeness (QED) is 0.655. The molecule has 0 aliphatic rings. The van der Waals surface area contributed by atoms with Crippen LogP contribution in [-0.4, -0.2) is 24.7 Å². The van der Waals surface area contributed by atoms with Crippen molar-refractivity contribution in [2.45, 2.75) is 30.3 Å². The van der Waals surface area contributed by atoms with Gasteiger partial charge in [-0.3, -0.25) is 0 Å². The van der Waals surface area contributed by atoms with Gasteiger partial charge in [-0.15, -0.1) is 10.2 Å². The molecule has 9 heteroatoms.